The number of para-hydroxylation sites is 1. The van der Waals surface area contributed by atoms with Gasteiger partial charge in [-0.05, 0) is 12.1 Å². The molecule has 3 rings (SSSR count). The number of nitrogens with two attached hydrogens (primary N) is 1. The lowest BCUT2D eigenvalue weighted by atomic mass is 10.3. The zero-order chi connectivity index (χ0) is 13.9. The summed E-state index contributed by atoms with van der Waals surface area (Å²) in [6.45, 7) is 0.706. The number of fused-ring (bicyclic) bond motifs is 1. The van der Waals surface area contributed by atoms with Crippen LogP contribution in [0.5, 0.6) is 0 Å². The summed E-state index contributed by atoms with van der Waals surface area (Å²) in [5.41, 5.74) is 6.92. The average molecular weight is 270 g/mol. The third-order valence-corrected chi connectivity index (χ3v) is 2.89. The Labute approximate surface area is 114 Å². The van der Waals surface area contributed by atoms with E-state index in [1.165, 1.54) is 0 Å². The van der Waals surface area contributed by atoms with E-state index in [0.29, 0.717) is 30.0 Å². The molecule has 0 radical (unpaired) electrons. The highest BCUT2D eigenvalue weighted by molar-refractivity contribution is 5.70. The number of nitrogens with one attached hydrogen (secondary N) is 3. The monoisotopic (exact) mass is 270 g/mol. The van der Waals surface area contributed by atoms with Gasteiger partial charge in [-0.1, -0.05) is 18.2 Å². The molecule has 0 aliphatic heterocycles. The minimum atomic E-state index is -0.303. The fraction of sp³-hybridized carbons (Fsp3) is 0.154. The Morgan fingerprint density at radius 1 is 1.15 bits per heavy atom. The molecule has 0 spiro atoms. The number of nitrogen functional groups attached to an aromatic ring is 1. The van der Waals surface area contributed by atoms with Crippen LogP contribution in [0.3, 0.4) is 0 Å². The molecule has 0 saturated carbocycles. The van der Waals surface area contributed by atoms with Gasteiger partial charge in [0.1, 0.15) is 5.82 Å². The van der Waals surface area contributed by atoms with E-state index >= 15 is 0 Å². The highest BCUT2D eigenvalue weighted by Crippen LogP contribution is 2.07. The lowest BCUT2D eigenvalue weighted by Crippen LogP contribution is -2.11. The summed E-state index contributed by atoms with van der Waals surface area (Å²) in [5.74, 6) is 0.773. The largest absolute Gasteiger partial charge is 0.385 e. The van der Waals surface area contributed by atoms with Crippen molar-refractivity contribution in [3.63, 3.8) is 0 Å². The zero-order valence-electron chi connectivity index (χ0n) is 10.7. The number of H-pyrrole nitrogens is 2. The molecule has 7 nitrogen and oxygen atoms in total. The van der Waals surface area contributed by atoms with E-state index in [4.69, 9.17) is 5.73 Å². The van der Waals surface area contributed by atoms with Gasteiger partial charge in [-0.3, -0.25) is 9.78 Å². The van der Waals surface area contributed by atoms with Crippen LogP contribution in [0.1, 0.15) is 5.82 Å². The molecule has 0 amide bonds. The van der Waals surface area contributed by atoms with E-state index in [1.54, 1.807) is 0 Å². The van der Waals surface area contributed by atoms with Gasteiger partial charge in [-0.15, -0.1) is 0 Å². The van der Waals surface area contributed by atoms with Crippen LogP contribution < -0.4 is 16.6 Å². The van der Waals surface area contributed by atoms with E-state index < -0.39 is 0 Å². The maximum atomic E-state index is 11.6. The van der Waals surface area contributed by atoms with E-state index in [1.807, 2.05) is 30.3 Å². The van der Waals surface area contributed by atoms with Crippen molar-refractivity contribution in [3.05, 3.63) is 46.5 Å². The quantitative estimate of drug-likeness (QED) is 0.562. The predicted octanol–water partition coefficient (Wildman–Crippen LogP) is 0.883. The second-order valence-electron chi connectivity index (χ2n) is 4.38. The van der Waals surface area contributed by atoms with Gasteiger partial charge in [0.2, 0.25) is 5.95 Å². The lowest BCUT2D eigenvalue weighted by Gasteiger charge is -2.03. The molecule has 5 N–H and O–H groups in total. The van der Waals surface area contributed by atoms with E-state index in [-0.39, 0.29) is 11.5 Å². The Bertz CT molecular complexity index is 776. The molecule has 7 heteroatoms. The number of rotatable bonds is 4. The van der Waals surface area contributed by atoms with Crippen molar-refractivity contribution in [1.29, 1.82) is 0 Å². The molecule has 20 heavy (non-hydrogen) atoms. The number of benzene rings is 1. The highest BCUT2D eigenvalue weighted by Gasteiger charge is 2.08. The first-order valence-corrected chi connectivity index (χ1v) is 6.26. The maximum absolute atomic E-state index is 11.6. The van der Waals surface area contributed by atoms with Gasteiger partial charge in [0.15, 0.2) is 11.2 Å². The smallest absolute Gasteiger partial charge is 0.278 e. The molecule has 1 aromatic carbocycles. The summed E-state index contributed by atoms with van der Waals surface area (Å²) in [6, 6.07) is 9.88. The van der Waals surface area contributed by atoms with E-state index in [0.717, 1.165) is 5.69 Å². The molecule has 0 aliphatic carbocycles. The summed E-state index contributed by atoms with van der Waals surface area (Å²) in [5, 5.41) is 3.27. The highest BCUT2D eigenvalue weighted by atomic mass is 16.1. The Morgan fingerprint density at radius 2 is 1.95 bits per heavy atom. The van der Waals surface area contributed by atoms with Crippen LogP contribution in [0.2, 0.25) is 0 Å². The minimum Gasteiger partial charge on any atom is -0.385 e. The Hall–Kier alpha value is -2.83. The molecular weight excluding hydrogens is 256 g/mol. The number of nitrogens with zero attached hydrogens (tertiary/aromatic N) is 2. The second-order valence-corrected chi connectivity index (χ2v) is 4.38. The number of hydrogen-bond donors (Lipinski definition) is 4. The molecule has 3 aromatic rings. The van der Waals surface area contributed by atoms with Crippen LogP contribution in [0.25, 0.3) is 11.2 Å². The van der Waals surface area contributed by atoms with Gasteiger partial charge in [-0.2, -0.15) is 4.98 Å². The maximum Gasteiger partial charge on any atom is 0.278 e. The van der Waals surface area contributed by atoms with Gasteiger partial charge < -0.3 is 16.0 Å². The standard InChI is InChI=1S/C13H14N6O/c14-13-18-11-10(12(20)19-13)16-9(17-11)6-7-15-8-4-2-1-3-5-8/h1-5,15H,6-7H2,(H4,14,16,17,18,19,20). The number of imidazole rings is 1. The summed E-state index contributed by atoms with van der Waals surface area (Å²) in [4.78, 5) is 25.3. The first-order chi connectivity index (χ1) is 9.72. The fourth-order valence-electron chi connectivity index (χ4n) is 1.97. The van der Waals surface area contributed by atoms with Crippen molar-refractivity contribution < 1.29 is 0 Å². The number of anilines is 2. The topological polar surface area (TPSA) is 112 Å². The third kappa shape index (κ3) is 2.46. The lowest BCUT2D eigenvalue weighted by molar-refractivity contribution is 0.933. The van der Waals surface area contributed by atoms with Crippen LogP contribution in [-0.2, 0) is 6.42 Å². The molecule has 0 fully saturated rings. The molecule has 2 aromatic heterocycles. The summed E-state index contributed by atoms with van der Waals surface area (Å²) >= 11 is 0. The summed E-state index contributed by atoms with van der Waals surface area (Å²) < 4.78 is 0. The van der Waals surface area contributed by atoms with Crippen molar-refractivity contribution in [2.45, 2.75) is 6.42 Å². The molecule has 2 heterocycles. The first kappa shape index (κ1) is 12.2. The van der Waals surface area contributed by atoms with Crippen LogP contribution in [0, 0.1) is 0 Å². The Balaban J connectivity index is 1.72. The van der Waals surface area contributed by atoms with E-state index in [2.05, 4.69) is 25.3 Å². The number of aromatic nitrogens is 4. The Morgan fingerprint density at radius 3 is 2.75 bits per heavy atom. The van der Waals surface area contributed by atoms with Crippen molar-refractivity contribution in [2.24, 2.45) is 0 Å². The molecule has 102 valence electrons. The summed E-state index contributed by atoms with van der Waals surface area (Å²) in [6.07, 6.45) is 0.657. The average Bonchev–Trinajstić information content (AvgIpc) is 2.83. The van der Waals surface area contributed by atoms with Crippen molar-refractivity contribution in [2.75, 3.05) is 17.6 Å². The van der Waals surface area contributed by atoms with Crippen molar-refractivity contribution >= 4 is 22.8 Å². The minimum absolute atomic E-state index is 0.0722. The van der Waals surface area contributed by atoms with Gasteiger partial charge in [-0.25, -0.2) is 4.98 Å². The molecule has 0 bridgehead atoms. The normalized spacial score (nSPS) is 10.8. The third-order valence-electron chi connectivity index (χ3n) is 2.89. The van der Waals surface area contributed by atoms with Gasteiger partial charge in [0.25, 0.3) is 5.56 Å². The van der Waals surface area contributed by atoms with Crippen molar-refractivity contribution in [1.82, 2.24) is 19.9 Å². The SMILES string of the molecule is Nc1nc2nc(CCNc3ccccc3)[nH]c2c(=O)[nH]1. The molecule has 0 unspecified atom stereocenters. The Kier molecular flexibility index (Phi) is 3.08. The predicted molar refractivity (Wildman–Crippen MR) is 77.6 cm³/mol. The second kappa shape index (κ2) is 5.04. The van der Waals surface area contributed by atoms with Gasteiger partial charge in [0.05, 0.1) is 0 Å². The molecular formula is C13H14N6O. The van der Waals surface area contributed by atoms with Crippen LogP contribution in [0.15, 0.2) is 35.1 Å². The number of hydrogen-bond acceptors (Lipinski definition) is 5. The van der Waals surface area contributed by atoms with Gasteiger partial charge in [0, 0.05) is 18.7 Å². The molecule has 0 atom stereocenters. The summed E-state index contributed by atoms with van der Waals surface area (Å²) in [7, 11) is 0. The fourth-order valence-corrected chi connectivity index (χ4v) is 1.97. The van der Waals surface area contributed by atoms with Crippen LogP contribution in [-0.4, -0.2) is 26.5 Å². The first-order valence-electron chi connectivity index (χ1n) is 6.26. The van der Waals surface area contributed by atoms with Gasteiger partial charge >= 0.3 is 0 Å². The zero-order valence-corrected chi connectivity index (χ0v) is 10.7. The molecule has 0 saturated heterocycles. The molecule has 0 aliphatic rings. The van der Waals surface area contributed by atoms with Crippen LogP contribution in [0.4, 0.5) is 11.6 Å². The van der Waals surface area contributed by atoms with Crippen molar-refractivity contribution in [3.8, 4) is 0 Å². The van der Waals surface area contributed by atoms with E-state index in [9.17, 15) is 4.79 Å². The van der Waals surface area contributed by atoms with Crippen LogP contribution >= 0.6 is 0 Å². The number of aromatic amines is 2.